The van der Waals surface area contributed by atoms with Crippen LogP contribution in [0.25, 0.3) is 11.3 Å². The lowest BCUT2D eigenvalue weighted by Crippen LogP contribution is -2.47. The van der Waals surface area contributed by atoms with Gasteiger partial charge in [0.1, 0.15) is 12.3 Å². The van der Waals surface area contributed by atoms with Crippen molar-refractivity contribution in [2.75, 3.05) is 11.4 Å². The third-order valence-electron chi connectivity index (χ3n) is 3.64. The van der Waals surface area contributed by atoms with Crippen molar-refractivity contribution in [2.45, 2.75) is 26.4 Å². The highest BCUT2D eigenvalue weighted by Crippen LogP contribution is 2.38. The van der Waals surface area contributed by atoms with Gasteiger partial charge in [-0.1, -0.05) is 6.92 Å². The van der Waals surface area contributed by atoms with Gasteiger partial charge >= 0.3 is 5.97 Å². The van der Waals surface area contributed by atoms with Crippen molar-refractivity contribution >= 4 is 28.9 Å². The van der Waals surface area contributed by atoms with Crippen molar-refractivity contribution in [3.05, 3.63) is 28.6 Å². The van der Waals surface area contributed by atoms with Gasteiger partial charge in [0.05, 0.1) is 16.4 Å². The van der Waals surface area contributed by atoms with E-state index in [1.165, 1.54) is 16.2 Å². The molecule has 0 aliphatic carbocycles. The smallest absolute Gasteiger partial charge is 0.323 e. The quantitative estimate of drug-likeness (QED) is 0.931. The number of aliphatic carboxylic acids is 1. The first-order chi connectivity index (χ1) is 11.0. The highest BCUT2D eigenvalue weighted by Gasteiger charge is 2.34. The molecule has 0 bridgehead atoms. The first kappa shape index (κ1) is 15.5. The molecule has 6 nitrogen and oxygen atoms in total. The van der Waals surface area contributed by atoms with Gasteiger partial charge in [0, 0.05) is 10.9 Å². The SMILES string of the molecule is CCC1Oc2ccc(-c3csc(C)n3)cc2N(CC(=O)O)C1=O. The van der Waals surface area contributed by atoms with E-state index in [0.29, 0.717) is 17.9 Å². The zero-order valence-electron chi connectivity index (χ0n) is 12.8. The summed E-state index contributed by atoms with van der Waals surface area (Å²) in [6.07, 6.45) is -0.157. The van der Waals surface area contributed by atoms with E-state index < -0.39 is 12.1 Å². The van der Waals surface area contributed by atoms with Gasteiger partial charge in [-0.2, -0.15) is 0 Å². The Balaban J connectivity index is 2.06. The largest absolute Gasteiger partial charge is 0.480 e. The van der Waals surface area contributed by atoms with Crippen LogP contribution in [0.5, 0.6) is 5.75 Å². The molecule has 1 aliphatic rings. The minimum atomic E-state index is -1.06. The van der Waals surface area contributed by atoms with Crippen LogP contribution in [0.3, 0.4) is 0 Å². The zero-order chi connectivity index (χ0) is 16.6. The monoisotopic (exact) mass is 332 g/mol. The molecule has 0 saturated carbocycles. The number of benzene rings is 1. The fourth-order valence-electron chi connectivity index (χ4n) is 2.54. The number of aromatic nitrogens is 1. The molecule has 1 N–H and O–H groups in total. The van der Waals surface area contributed by atoms with Gasteiger partial charge in [-0.3, -0.25) is 14.5 Å². The van der Waals surface area contributed by atoms with Gasteiger partial charge in [0.25, 0.3) is 5.91 Å². The van der Waals surface area contributed by atoms with Gasteiger partial charge in [-0.15, -0.1) is 11.3 Å². The highest BCUT2D eigenvalue weighted by atomic mass is 32.1. The van der Waals surface area contributed by atoms with E-state index in [1.54, 1.807) is 12.1 Å². The molecule has 1 aromatic heterocycles. The average Bonchev–Trinajstić information content (AvgIpc) is 2.95. The van der Waals surface area contributed by atoms with Crippen molar-refractivity contribution in [3.8, 4) is 17.0 Å². The zero-order valence-corrected chi connectivity index (χ0v) is 13.6. The second kappa shape index (κ2) is 6.00. The molecular formula is C16H16N2O4S. The van der Waals surface area contributed by atoms with Gasteiger partial charge in [0.2, 0.25) is 0 Å². The highest BCUT2D eigenvalue weighted by molar-refractivity contribution is 7.09. The van der Waals surface area contributed by atoms with E-state index in [4.69, 9.17) is 9.84 Å². The second-order valence-corrected chi connectivity index (χ2v) is 6.33. The molecular weight excluding hydrogens is 316 g/mol. The first-order valence-electron chi connectivity index (χ1n) is 7.26. The Hall–Kier alpha value is -2.41. The van der Waals surface area contributed by atoms with Crippen LogP contribution in [0.4, 0.5) is 5.69 Å². The first-order valence-corrected chi connectivity index (χ1v) is 8.14. The summed E-state index contributed by atoms with van der Waals surface area (Å²) in [5.41, 5.74) is 2.11. The summed E-state index contributed by atoms with van der Waals surface area (Å²) in [5, 5.41) is 12.0. The van der Waals surface area contributed by atoms with Crippen LogP contribution < -0.4 is 9.64 Å². The molecule has 120 valence electrons. The lowest BCUT2D eigenvalue weighted by Gasteiger charge is -2.33. The summed E-state index contributed by atoms with van der Waals surface area (Å²) in [6.45, 7) is 3.37. The normalized spacial score (nSPS) is 16.9. The van der Waals surface area contributed by atoms with Crippen LogP contribution in [0.2, 0.25) is 0 Å². The third-order valence-corrected chi connectivity index (χ3v) is 4.41. The minimum absolute atomic E-state index is 0.325. The standard InChI is InChI=1S/C16H16N2O4S/c1-3-13-16(21)18(7-15(19)20)12-6-10(4-5-14(12)22-13)11-8-23-9(2)17-11/h4-6,8,13H,3,7H2,1-2H3,(H,19,20). The Kier molecular flexibility index (Phi) is 4.04. The van der Waals surface area contributed by atoms with Crippen molar-refractivity contribution in [1.82, 2.24) is 4.98 Å². The van der Waals surface area contributed by atoms with E-state index in [-0.39, 0.29) is 12.5 Å². The summed E-state index contributed by atoms with van der Waals surface area (Å²) < 4.78 is 5.70. The second-order valence-electron chi connectivity index (χ2n) is 5.27. The Morgan fingerprint density at radius 1 is 1.48 bits per heavy atom. The third kappa shape index (κ3) is 2.92. The lowest BCUT2D eigenvalue weighted by molar-refractivity contribution is -0.137. The van der Waals surface area contributed by atoms with Gasteiger partial charge < -0.3 is 9.84 Å². The molecule has 1 atom stereocenters. The van der Waals surface area contributed by atoms with Crippen LogP contribution in [0.15, 0.2) is 23.6 Å². The van der Waals surface area contributed by atoms with Crippen LogP contribution in [0.1, 0.15) is 18.4 Å². The fourth-order valence-corrected chi connectivity index (χ4v) is 3.16. The molecule has 2 aromatic rings. The van der Waals surface area contributed by atoms with Gasteiger partial charge in [-0.05, 0) is 31.5 Å². The van der Waals surface area contributed by atoms with Crippen LogP contribution in [-0.4, -0.2) is 34.6 Å². The molecule has 1 aliphatic heterocycles. The number of carboxylic acids is 1. The van der Waals surface area contributed by atoms with E-state index >= 15 is 0 Å². The molecule has 1 amide bonds. The molecule has 7 heteroatoms. The van der Waals surface area contributed by atoms with E-state index in [0.717, 1.165) is 16.3 Å². The number of fused-ring (bicyclic) bond motifs is 1. The van der Waals surface area contributed by atoms with Crippen LogP contribution in [0, 0.1) is 6.92 Å². The summed E-state index contributed by atoms with van der Waals surface area (Å²) in [5.74, 6) is -0.863. The number of amides is 1. The maximum atomic E-state index is 12.4. The number of aryl methyl sites for hydroxylation is 1. The maximum absolute atomic E-state index is 12.4. The van der Waals surface area contributed by atoms with Crippen molar-refractivity contribution in [1.29, 1.82) is 0 Å². The van der Waals surface area contributed by atoms with Gasteiger partial charge in [0.15, 0.2) is 6.10 Å². The lowest BCUT2D eigenvalue weighted by atomic mass is 10.1. The molecule has 2 heterocycles. The summed E-state index contributed by atoms with van der Waals surface area (Å²) in [7, 11) is 0. The number of nitrogens with zero attached hydrogens (tertiary/aromatic N) is 2. The van der Waals surface area contributed by atoms with Crippen molar-refractivity contribution in [2.24, 2.45) is 0 Å². The number of rotatable bonds is 4. The number of hydrogen-bond donors (Lipinski definition) is 1. The summed E-state index contributed by atoms with van der Waals surface area (Å²) >= 11 is 1.54. The number of carbonyl (C=O) groups is 2. The summed E-state index contributed by atoms with van der Waals surface area (Å²) in [4.78, 5) is 29.3. The Morgan fingerprint density at radius 2 is 2.26 bits per heavy atom. The van der Waals surface area contributed by atoms with E-state index in [1.807, 2.05) is 25.3 Å². The molecule has 0 saturated heterocycles. The summed E-state index contributed by atoms with van der Waals surface area (Å²) in [6, 6.07) is 5.40. The minimum Gasteiger partial charge on any atom is -0.480 e. The number of anilines is 1. The number of carboxylic acid groups (broad SMARTS) is 1. The van der Waals surface area contributed by atoms with Crippen molar-refractivity contribution < 1.29 is 19.4 Å². The predicted octanol–water partition coefficient (Wildman–Crippen LogP) is 2.71. The molecule has 3 rings (SSSR count). The maximum Gasteiger partial charge on any atom is 0.323 e. The molecule has 0 fully saturated rings. The molecule has 23 heavy (non-hydrogen) atoms. The number of thiazole rings is 1. The van der Waals surface area contributed by atoms with Gasteiger partial charge in [-0.25, -0.2) is 4.98 Å². The molecule has 1 aromatic carbocycles. The number of carbonyl (C=O) groups excluding carboxylic acids is 1. The van der Waals surface area contributed by atoms with Crippen LogP contribution in [-0.2, 0) is 9.59 Å². The predicted molar refractivity (Wildman–Crippen MR) is 87.0 cm³/mol. The Bertz CT molecular complexity index is 771. The molecule has 1 unspecified atom stereocenters. The Morgan fingerprint density at radius 3 is 2.87 bits per heavy atom. The fraction of sp³-hybridized carbons (Fsp3) is 0.312. The number of ether oxygens (including phenoxy) is 1. The number of hydrogen-bond acceptors (Lipinski definition) is 5. The average molecular weight is 332 g/mol. The molecule has 0 spiro atoms. The molecule has 0 radical (unpaired) electrons. The van der Waals surface area contributed by atoms with E-state index in [9.17, 15) is 9.59 Å². The van der Waals surface area contributed by atoms with Crippen molar-refractivity contribution in [3.63, 3.8) is 0 Å². The topological polar surface area (TPSA) is 79.7 Å². The van der Waals surface area contributed by atoms with E-state index in [2.05, 4.69) is 4.98 Å². The Labute approximate surface area is 137 Å². The van der Waals surface area contributed by atoms with Crippen LogP contribution >= 0.6 is 11.3 Å².